The van der Waals surface area contributed by atoms with Crippen molar-refractivity contribution >= 4 is 5.97 Å². The maximum Gasteiger partial charge on any atom is 0.344 e. The van der Waals surface area contributed by atoms with Gasteiger partial charge in [0.15, 0.2) is 6.10 Å². The van der Waals surface area contributed by atoms with E-state index in [1.165, 1.54) is 0 Å². The summed E-state index contributed by atoms with van der Waals surface area (Å²) in [7, 11) is 0. The highest BCUT2D eigenvalue weighted by molar-refractivity contribution is 5.91. The quantitative estimate of drug-likeness (QED) is 0.354. The number of hydrogen-bond donors (Lipinski definition) is 4. The van der Waals surface area contributed by atoms with Crippen molar-refractivity contribution in [3.05, 3.63) is 40.3 Å². The van der Waals surface area contributed by atoms with Crippen LogP contribution in [0.1, 0.15) is 69.3 Å². The molecule has 3 aliphatic rings. The molecule has 3 aliphatic carbocycles. The van der Waals surface area contributed by atoms with Crippen LogP contribution in [0.15, 0.2) is 27.8 Å². The lowest BCUT2D eigenvalue weighted by Gasteiger charge is -2.52. The Hall–Kier alpha value is -2.00. The molecule has 0 amide bonds. The molecule has 0 aliphatic heterocycles. The Labute approximate surface area is 206 Å². The lowest BCUT2D eigenvalue weighted by Crippen LogP contribution is -2.67. The number of aromatic nitrogens is 1. The van der Waals surface area contributed by atoms with Crippen molar-refractivity contribution in [1.82, 2.24) is 5.16 Å². The first kappa shape index (κ1) is 26.1. The first-order valence-corrected chi connectivity index (χ1v) is 12.5. The molecule has 8 heteroatoms. The van der Waals surface area contributed by atoms with Crippen molar-refractivity contribution < 1.29 is 34.5 Å². The minimum atomic E-state index is -2.09. The van der Waals surface area contributed by atoms with Crippen LogP contribution in [-0.4, -0.2) is 62.1 Å². The zero-order valence-electron chi connectivity index (χ0n) is 21.7. The fourth-order valence-electron chi connectivity index (χ4n) is 6.80. The smallest absolute Gasteiger partial charge is 0.344 e. The lowest BCUT2D eigenvalue weighted by atomic mass is 9.58. The molecule has 0 aromatic carbocycles. The van der Waals surface area contributed by atoms with Gasteiger partial charge in [-0.3, -0.25) is 0 Å². The SMILES string of the molecule is CCC(C)C12C=C(C)C(OC(=O)c3c(C)noc3C)C1(O)C(O)C(CO)=CC(C1CC1(C)C)C2O. The van der Waals surface area contributed by atoms with Gasteiger partial charge in [-0.2, -0.15) is 0 Å². The first-order valence-electron chi connectivity index (χ1n) is 12.5. The fraction of sp³-hybridized carbons (Fsp3) is 0.704. The van der Waals surface area contributed by atoms with Crippen molar-refractivity contribution in [2.45, 2.75) is 85.2 Å². The van der Waals surface area contributed by atoms with Gasteiger partial charge in [0, 0.05) is 5.92 Å². The Morgan fingerprint density at radius 3 is 2.40 bits per heavy atom. The summed E-state index contributed by atoms with van der Waals surface area (Å²) in [6.45, 7) is 12.6. The van der Waals surface area contributed by atoms with Crippen LogP contribution in [0.4, 0.5) is 0 Å². The van der Waals surface area contributed by atoms with E-state index in [0.717, 1.165) is 6.42 Å². The number of aliphatic hydroxyl groups is 4. The van der Waals surface area contributed by atoms with E-state index < -0.39 is 41.9 Å². The molecule has 0 radical (unpaired) electrons. The molecule has 194 valence electrons. The summed E-state index contributed by atoms with van der Waals surface area (Å²) in [6.07, 6.45) is 1.17. The molecular formula is C27H39NO7. The molecule has 1 fully saturated rings. The van der Waals surface area contributed by atoms with Crippen molar-refractivity contribution in [3.8, 4) is 0 Å². The monoisotopic (exact) mass is 489 g/mol. The van der Waals surface area contributed by atoms with Gasteiger partial charge in [-0.1, -0.05) is 51.4 Å². The molecule has 8 unspecified atom stereocenters. The molecule has 4 N–H and O–H groups in total. The van der Waals surface area contributed by atoms with Gasteiger partial charge in [0.25, 0.3) is 0 Å². The van der Waals surface area contributed by atoms with E-state index in [-0.39, 0.29) is 34.3 Å². The number of aryl methyl sites for hydroxylation is 2. The van der Waals surface area contributed by atoms with Crippen LogP contribution < -0.4 is 0 Å². The predicted molar refractivity (Wildman–Crippen MR) is 128 cm³/mol. The molecule has 35 heavy (non-hydrogen) atoms. The number of nitrogens with zero attached hydrogens (tertiary/aromatic N) is 1. The molecule has 8 nitrogen and oxygen atoms in total. The number of ether oxygens (including phenoxy) is 1. The Morgan fingerprint density at radius 1 is 1.29 bits per heavy atom. The molecule has 0 spiro atoms. The van der Waals surface area contributed by atoms with E-state index in [9.17, 15) is 25.2 Å². The molecule has 1 heterocycles. The van der Waals surface area contributed by atoms with E-state index in [1.807, 2.05) is 13.8 Å². The van der Waals surface area contributed by atoms with Crippen LogP contribution in [0.2, 0.25) is 0 Å². The summed E-state index contributed by atoms with van der Waals surface area (Å²) in [4.78, 5) is 13.2. The van der Waals surface area contributed by atoms with Crippen LogP contribution in [0, 0.1) is 42.4 Å². The fourth-order valence-corrected chi connectivity index (χ4v) is 6.80. The molecular weight excluding hydrogens is 450 g/mol. The van der Waals surface area contributed by atoms with Gasteiger partial charge in [0.05, 0.1) is 23.8 Å². The molecule has 4 rings (SSSR count). The van der Waals surface area contributed by atoms with Crippen molar-refractivity contribution in [2.24, 2.45) is 28.6 Å². The molecule has 1 aromatic rings. The summed E-state index contributed by atoms with van der Waals surface area (Å²) in [5.74, 6) is -0.961. The van der Waals surface area contributed by atoms with E-state index in [2.05, 4.69) is 19.0 Å². The third kappa shape index (κ3) is 3.56. The Kier molecular flexibility index (Phi) is 6.36. The number of fused-ring (bicyclic) bond motifs is 1. The molecule has 1 aromatic heterocycles. The van der Waals surface area contributed by atoms with E-state index in [0.29, 0.717) is 23.4 Å². The second-order valence-electron chi connectivity index (χ2n) is 11.6. The summed E-state index contributed by atoms with van der Waals surface area (Å²) in [6, 6.07) is 0. The minimum absolute atomic E-state index is 0.000665. The van der Waals surface area contributed by atoms with Crippen LogP contribution in [-0.2, 0) is 4.74 Å². The highest BCUT2D eigenvalue weighted by Gasteiger charge is 2.72. The normalized spacial score (nSPS) is 38.8. The average molecular weight is 490 g/mol. The van der Waals surface area contributed by atoms with Gasteiger partial charge < -0.3 is 29.7 Å². The van der Waals surface area contributed by atoms with Gasteiger partial charge in [-0.05, 0) is 55.6 Å². The summed E-state index contributed by atoms with van der Waals surface area (Å²) >= 11 is 0. The van der Waals surface area contributed by atoms with Gasteiger partial charge in [0.2, 0.25) is 0 Å². The van der Waals surface area contributed by atoms with Gasteiger partial charge in [0.1, 0.15) is 23.0 Å². The predicted octanol–water partition coefficient (Wildman–Crippen LogP) is 2.86. The van der Waals surface area contributed by atoms with Crippen molar-refractivity contribution in [1.29, 1.82) is 0 Å². The molecule has 0 saturated heterocycles. The van der Waals surface area contributed by atoms with Crippen LogP contribution in [0.3, 0.4) is 0 Å². The number of carbonyl (C=O) groups is 1. The van der Waals surface area contributed by atoms with Gasteiger partial charge in [-0.15, -0.1) is 0 Å². The van der Waals surface area contributed by atoms with Crippen LogP contribution in [0.5, 0.6) is 0 Å². The second kappa shape index (κ2) is 8.54. The number of esters is 1. The number of carbonyl (C=O) groups excluding carboxylic acids is 1. The topological polar surface area (TPSA) is 133 Å². The maximum absolute atomic E-state index is 13.2. The zero-order chi connectivity index (χ0) is 26.1. The number of rotatable bonds is 6. The maximum atomic E-state index is 13.2. The molecule has 0 bridgehead atoms. The standard InChI is InChI=1S/C27H39NO7/c1-8-14(3)26-10-13(2)23(34-24(32)20-15(4)28-35-16(20)5)27(26,33)21(30)17(12-29)9-18(22(26)31)19-11-25(19,6)7/h9-10,14,18-19,21-23,29-31,33H,8,11-12H2,1-7H3. The lowest BCUT2D eigenvalue weighted by molar-refractivity contribution is -0.217. The van der Waals surface area contributed by atoms with Gasteiger partial charge in [-0.25, -0.2) is 4.79 Å². The summed E-state index contributed by atoms with van der Waals surface area (Å²) in [5, 5.41) is 50.3. The third-order valence-corrected chi connectivity index (χ3v) is 9.13. The summed E-state index contributed by atoms with van der Waals surface area (Å²) < 4.78 is 11.0. The number of aliphatic hydroxyl groups excluding tert-OH is 3. The third-order valence-electron chi connectivity index (χ3n) is 9.13. The first-order chi connectivity index (χ1) is 16.3. The van der Waals surface area contributed by atoms with Crippen molar-refractivity contribution in [2.75, 3.05) is 6.61 Å². The molecule has 8 atom stereocenters. The highest BCUT2D eigenvalue weighted by Crippen LogP contribution is 2.64. The van der Waals surface area contributed by atoms with E-state index in [4.69, 9.17) is 9.26 Å². The van der Waals surface area contributed by atoms with E-state index >= 15 is 0 Å². The van der Waals surface area contributed by atoms with Gasteiger partial charge >= 0.3 is 5.97 Å². The largest absolute Gasteiger partial charge is 0.451 e. The Bertz CT molecular complexity index is 1050. The van der Waals surface area contributed by atoms with Crippen LogP contribution >= 0.6 is 0 Å². The Balaban J connectivity index is 1.86. The highest BCUT2D eigenvalue weighted by atomic mass is 16.6. The average Bonchev–Trinajstić information content (AvgIpc) is 3.22. The van der Waals surface area contributed by atoms with Crippen LogP contribution in [0.25, 0.3) is 0 Å². The molecule has 1 saturated carbocycles. The van der Waals surface area contributed by atoms with Crippen molar-refractivity contribution in [3.63, 3.8) is 0 Å². The Morgan fingerprint density at radius 2 is 1.91 bits per heavy atom. The minimum Gasteiger partial charge on any atom is -0.451 e. The number of hydrogen-bond acceptors (Lipinski definition) is 8. The summed E-state index contributed by atoms with van der Waals surface area (Å²) in [5.41, 5.74) is -2.11. The second-order valence-corrected chi connectivity index (χ2v) is 11.6. The van der Waals surface area contributed by atoms with E-state index in [1.54, 1.807) is 32.9 Å². The zero-order valence-corrected chi connectivity index (χ0v) is 21.7.